The first-order valence-corrected chi connectivity index (χ1v) is 5.20. The smallest absolute Gasteiger partial charge is 0.242 e. The number of amides is 1. The molecule has 4 nitrogen and oxygen atoms in total. The van der Waals surface area contributed by atoms with Crippen LogP contribution >= 0.6 is 0 Å². The van der Waals surface area contributed by atoms with Gasteiger partial charge < -0.3 is 4.90 Å². The molecule has 15 heavy (non-hydrogen) atoms. The lowest BCUT2D eigenvalue weighted by atomic mass is 9.86. The fourth-order valence-electron chi connectivity index (χ4n) is 2.04. The Morgan fingerprint density at radius 2 is 2.00 bits per heavy atom. The lowest BCUT2D eigenvalue weighted by Crippen LogP contribution is -2.40. The van der Waals surface area contributed by atoms with Crippen molar-refractivity contribution in [3.05, 3.63) is 0 Å². The summed E-state index contributed by atoms with van der Waals surface area (Å²) in [5.74, 6) is -0.113. The SMILES string of the molecule is CN(CCC#N)C(=O)C1(C#N)CCCC1. The van der Waals surface area contributed by atoms with Crippen LogP contribution < -0.4 is 0 Å². The Morgan fingerprint density at radius 1 is 1.40 bits per heavy atom. The lowest BCUT2D eigenvalue weighted by Gasteiger charge is -2.25. The van der Waals surface area contributed by atoms with Gasteiger partial charge in [-0.1, -0.05) is 12.8 Å². The Bertz CT molecular complexity index is 318. The summed E-state index contributed by atoms with van der Waals surface area (Å²) >= 11 is 0. The van der Waals surface area contributed by atoms with Crippen molar-refractivity contribution in [1.82, 2.24) is 4.90 Å². The highest BCUT2D eigenvalue weighted by Gasteiger charge is 2.42. The van der Waals surface area contributed by atoms with Crippen LogP contribution in [-0.2, 0) is 4.79 Å². The molecule has 0 spiro atoms. The van der Waals surface area contributed by atoms with Crippen LogP contribution in [0.15, 0.2) is 0 Å². The summed E-state index contributed by atoms with van der Waals surface area (Å²) < 4.78 is 0. The first-order valence-electron chi connectivity index (χ1n) is 5.20. The lowest BCUT2D eigenvalue weighted by molar-refractivity contribution is -0.137. The summed E-state index contributed by atoms with van der Waals surface area (Å²) in [7, 11) is 1.66. The number of nitriles is 2. The molecule has 1 rings (SSSR count). The summed E-state index contributed by atoms with van der Waals surface area (Å²) in [4.78, 5) is 13.5. The normalized spacial score (nSPS) is 17.8. The van der Waals surface area contributed by atoms with Gasteiger partial charge in [0.05, 0.1) is 18.6 Å². The number of hydrogen-bond acceptors (Lipinski definition) is 3. The Kier molecular flexibility index (Phi) is 3.68. The van der Waals surface area contributed by atoms with Crippen LogP contribution in [0.3, 0.4) is 0 Å². The van der Waals surface area contributed by atoms with Gasteiger partial charge in [0.25, 0.3) is 0 Å². The van der Waals surface area contributed by atoms with Crippen LogP contribution in [0, 0.1) is 28.1 Å². The molecule has 0 aromatic heterocycles. The van der Waals surface area contributed by atoms with Crippen molar-refractivity contribution in [2.45, 2.75) is 32.1 Å². The molecule has 1 aliphatic carbocycles. The highest BCUT2D eigenvalue weighted by Crippen LogP contribution is 2.38. The maximum atomic E-state index is 12.0. The van der Waals surface area contributed by atoms with E-state index in [1.807, 2.05) is 6.07 Å². The van der Waals surface area contributed by atoms with E-state index in [0.717, 1.165) is 12.8 Å². The second-order valence-electron chi connectivity index (χ2n) is 4.04. The predicted octanol–water partition coefficient (Wildman–Crippen LogP) is 1.44. The maximum absolute atomic E-state index is 12.0. The molecule has 0 aliphatic heterocycles. The molecule has 1 amide bonds. The summed E-state index contributed by atoms with van der Waals surface area (Å²) in [5.41, 5.74) is -0.801. The van der Waals surface area contributed by atoms with E-state index in [4.69, 9.17) is 10.5 Å². The molecular formula is C11H15N3O. The average molecular weight is 205 g/mol. The minimum atomic E-state index is -0.801. The van der Waals surface area contributed by atoms with E-state index in [-0.39, 0.29) is 5.91 Å². The first-order chi connectivity index (χ1) is 7.16. The van der Waals surface area contributed by atoms with E-state index in [2.05, 4.69) is 6.07 Å². The maximum Gasteiger partial charge on any atom is 0.242 e. The fraction of sp³-hybridized carbons (Fsp3) is 0.727. The zero-order chi connectivity index (χ0) is 11.3. The number of rotatable bonds is 3. The number of nitrogens with zero attached hydrogens (tertiary/aromatic N) is 3. The van der Waals surface area contributed by atoms with Crippen molar-refractivity contribution in [2.24, 2.45) is 5.41 Å². The van der Waals surface area contributed by atoms with Crippen LogP contribution in [0.2, 0.25) is 0 Å². The molecule has 0 N–H and O–H groups in total. The summed E-state index contributed by atoms with van der Waals surface area (Å²) in [6, 6.07) is 4.16. The van der Waals surface area contributed by atoms with Gasteiger partial charge >= 0.3 is 0 Å². The Hall–Kier alpha value is -1.55. The standard InChI is InChI=1S/C11H15N3O/c1-14(8-4-7-12)10(15)11(9-13)5-2-3-6-11/h2-6,8H2,1H3. The Balaban J connectivity index is 2.66. The van der Waals surface area contributed by atoms with Gasteiger partial charge in [0, 0.05) is 13.6 Å². The van der Waals surface area contributed by atoms with Gasteiger partial charge in [0.1, 0.15) is 5.41 Å². The zero-order valence-electron chi connectivity index (χ0n) is 8.99. The summed E-state index contributed by atoms with van der Waals surface area (Å²) in [6.45, 7) is 0.415. The summed E-state index contributed by atoms with van der Waals surface area (Å²) in [5, 5.41) is 17.5. The van der Waals surface area contributed by atoms with Crippen molar-refractivity contribution in [1.29, 1.82) is 10.5 Å². The van der Waals surface area contributed by atoms with Crippen LogP contribution in [0.5, 0.6) is 0 Å². The van der Waals surface area contributed by atoms with E-state index in [1.54, 1.807) is 7.05 Å². The van der Waals surface area contributed by atoms with Gasteiger partial charge in [-0.15, -0.1) is 0 Å². The molecule has 1 saturated carbocycles. The third-order valence-electron chi connectivity index (χ3n) is 2.99. The molecule has 0 atom stereocenters. The number of carbonyl (C=O) groups is 1. The molecule has 4 heteroatoms. The van der Waals surface area contributed by atoms with Crippen molar-refractivity contribution in [3.63, 3.8) is 0 Å². The number of carbonyl (C=O) groups excluding carboxylic acids is 1. The van der Waals surface area contributed by atoms with Crippen LogP contribution in [0.25, 0.3) is 0 Å². The molecule has 1 fully saturated rings. The molecule has 0 bridgehead atoms. The molecule has 0 radical (unpaired) electrons. The molecule has 0 saturated heterocycles. The van der Waals surface area contributed by atoms with Crippen molar-refractivity contribution in [2.75, 3.05) is 13.6 Å². The van der Waals surface area contributed by atoms with Gasteiger partial charge in [-0.05, 0) is 12.8 Å². The molecular weight excluding hydrogens is 190 g/mol. The molecule has 1 aliphatic rings. The highest BCUT2D eigenvalue weighted by atomic mass is 16.2. The second-order valence-corrected chi connectivity index (χ2v) is 4.04. The quantitative estimate of drug-likeness (QED) is 0.700. The number of hydrogen-bond donors (Lipinski definition) is 0. The van der Waals surface area contributed by atoms with Crippen LogP contribution in [-0.4, -0.2) is 24.4 Å². The van der Waals surface area contributed by atoms with Crippen LogP contribution in [0.4, 0.5) is 0 Å². The zero-order valence-corrected chi connectivity index (χ0v) is 8.99. The second kappa shape index (κ2) is 4.79. The third-order valence-corrected chi connectivity index (χ3v) is 2.99. The molecule has 0 unspecified atom stereocenters. The van der Waals surface area contributed by atoms with Crippen molar-refractivity contribution < 1.29 is 4.79 Å². The molecule has 0 aromatic rings. The van der Waals surface area contributed by atoms with E-state index in [0.29, 0.717) is 25.8 Å². The van der Waals surface area contributed by atoms with Crippen molar-refractivity contribution in [3.8, 4) is 12.1 Å². The van der Waals surface area contributed by atoms with E-state index >= 15 is 0 Å². The van der Waals surface area contributed by atoms with Gasteiger partial charge in [-0.2, -0.15) is 10.5 Å². The minimum absolute atomic E-state index is 0.113. The van der Waals surface area contributed by atoms with E-state index in [9.17, 15) is 4.79 Å². The Morgan fingerprint density at radius 3 is 2.47 bits per heavy atom. The van der Waals surface area contributed by atoms with Crippen LogP contribution in [0.1, 0.15) is 32.1 Å². The average Bonchev–Trinajstić information content (AvgIpc) is 2.74. The third kappa shape index (κ3) is 2.27. The van der Waals surface area contributed by atoms with Gasteiger partial charge in [0.15, 0.2) is 0 Å². The minimum Gasteiger partial charge on any atom is -0.343 e. The predicted molar refractivity (Wildman–Crippen MR) is 54.4 cm³/mol. The fourth-order valence-corrected chi connectivity index (χ4v) is 2.04. The highest BCUT2D eigenvalue weighted by molar-refractivity contribution is 5.85. The Labute approximate surface area is 90.1 Å². The monoisotopic (exact) mass is 205 g/mol. The van der Waals surface area contributed by atoms with Gasteiger partial charge in [-0.3, -0.25) is 4.79 Å². The van der Waals surface area contributed by atoms with E-state index < -0.39 is 5.41 Å². The van der Waals surface area contributed by atoms with Gasteiger partial charge in [-0.25, -0.2) is 0 Å². The van der Waals surface area contributed by atoms with Crippen molar-refractivity contribution >= 4 is 5.91 Å². The molecule has 80 valence electrons. The molecule has 0 aromatic carbocycles. The molecule has 0 heterocycles. The van der Waals surface area contributed by atoms with E-state index in [1.165, 1.54) is 4.90 Å². The summed E-state index contributed by atoms with van der Waals surface area (Å²) in [6.07, 6.45) is 3.55. The first kappa shape index (κ1) is 11.5. The topological polar surface area (TPSA) is 67.9 Å². The largest absolute Gasteiger partial charge is 0.343 e. The van der Waals surface area contributed by atoms with Gasteiger partial charge in [0.2, 0.25) is 5.91 Å².